The van der Waals surface area contributed by atoms with Gasteiger partial charge in [-0.15, -0.1) is 0 Å². The molecule has 114 valence electrons. The number of carboxylic acids is 1. The average Bonchev–Trinajstić information content (AvgIpc) is 3.28. The Balaban J connectivity index is 2.48. The van der Waals surface area contributed by atoms with Crippen molar-refractivity contribution in [1.82, 2.24) is 0 Å². The number of hydrogen-bond donors (Lipinski definition) is 2. The lowest BCUT2D eigenvalue weighted by Crippen LogP contribution is -2.11. The van der Waals surface area contributed by atoms with E-state index in [1.165, 1.54) is 26.4 Å². The Bertz CT molecular complexity index is 562. The highest BCUT2D eigenvalue weighted by Crippen LogP contribution is 2.49. The van der Waals surface area contributed by atoms with E-state index in [2.05, 4.69) is 4.74 Å². The second kappa shape index (κ2) is 6.03. The molecule has 6 nitrogen and oxygen atoms in total. The Morgan fingerprint density at radius 3 is 2.48 bits per heavy atom. The van der Waals surface area contributed by atoms with E-state index < -0.39 is 11.9 Å². The van der Waals surface area contributed by atoms with E-state index in [9.17, 15) is 14.7 Å². The van der Waals surface area contributed by atoms with Gasteiger partial charge in [0, 0.05) is 11.5 Å². The molecule has 2 N–H and O–H groups in total. The fourth-order valence-corrected chi connectivity index (χ4v) is 2.52. The smallest absolute Gasteiger partial charge is 0.337 e. The number of hydrogen-bond acceptors (Lipinski definition) is 5. The lowest BCUT2D eigenvalue weighted by Gasteiger charge is -2.18. The third-order valence-corrected chi connectivity index (χ3v) is 3.73. The van der Waals surface area contributed by atoms with E-state index in [4.69, 9.17) is 9.84 Å². The Kier molecular flexibility index (Phi) is 4.35. The maximum Gasteiger partial charge on any atom is 0.337 e. The minimum absolute atomic E-state index is 0.0913. The lowest BCUT2D eigenvalue weighted by molar-refractivity contribution is -0.137. The third kappa shape index (κ3) is 3.26. The molecule has 6 heteroatoms. The molecule has 1 fully saturated rings. The minimum Gasteiger partial charge on any atom is -0.504 e. The molecule has 0 aromatic heterocycles. The Morgan fingerprint density at radius 2 is 2.00 bits per heavy atom. The number of ether oxygens (including phenoxy) is 2. The van der Waals surface area contributed by atoms with Gasteiger partial charge in [0.15, 0.2) is 11.5 Å². The molecule has 2 rings (SSSR count). The van der Waals surface area contributed by atoms with Gasteiger partial charge in [-0.25, -0.2) is 4.79 Å². The number of aromatic hydroxyl groups is 1. The molecular formula is C15H18O6. The molecule has 0 spiro atoms. The average molecular weight is 294 g/mol. The molecule has 1 saturated carbocycles. The summed E-state index contributed by atoms with van der Waals surface area (Å²) in [5.74, 6) is -1.58. The quantitative estimate of drug-likeness (QED) is 0.781. The van der Waals surface area contributed by atoms with Gasteiger partial charge in [-0.2, -0.15) is 0 Å². The van der Waals surface area contributed by atoms with Crippen LogP contribution >= 0.6 is 0 Å². The third-order valence-electron chi connectivity index (χ3n) is 3.73. The topological polar surface area (TPSA) is 93.1 Å². The molecule has 1 atom stereocenters. The Labute approximate surface area is 122 Å². The van der Waals surface area contributed by atoms with Crippen molar-refractivity contribution >= 4 is 11.9 Å². The highest BCUT2D eigenvalue weighted by atomic mass is 16.5. The summed E-state index contributed by atoms with van der Waals surface area (Å²) < 4.78 is 9.75. The summed E-state index contributed by atoms with van der Waals surface area (Å²) in [5, 5.41) is 19.3. The van der Waals surface area contributed by atoms with Crippen LogP contribution in [-0.4, -0.2) is 36.4 Å². The molecule has 1 aliphatic rings. The van der Waals surface area contributed by atoms with Crippen LogP contribution in [0.25, 0.3) is 0 Å². The van der Waals surface area contributed by atoms with Gasteiger partial charge in [-0.05, 0) is 30.9 Å². The van der Waals surface area contributed by atoms with Gasteiger partial charge in [0.05, 0.1) is 26.2 Å². The van der Waals surface area contributed by atoms with Crippen LogP contribution in [0.3, 0.4) is 0 Å². The zero-order valence-corrected chi connectivity index (χ0v) is 12.0. The second-order valence-electron chi connectivity index (χ2n) is 5.15. The van der Waals surface area contributed by atoms with Crippen molar-refractivity contribution in [1.29, 1.82) is 0 Å². The van der Waals surface area contributed by atoms with Crippen molar-refractivity contribution < 1.29 is 29.3 Å². The molecule has 1 aromatic rings. The number of carbonyl (C=O) groups is 2. The zero-order valence-electron chi connectivity index (χ0n) is 12.0. The Morgan fingerprint density at radius 1 is 1.33 bits per heavy atom. The van der Waals surface area contributed by atoms with Gasteiger partial charge in [0.25, 0.3) is 0 Å². The number of benzene rings is 1. The molecule has 1 aromatic carbocycles. The fraction of sp³-hybridized carbons (Fsp3) is 0.467. The van der Waals surface area contributed by atoms with Gasteiger partial charge >= 0.3 is 11.9 Å². The van der Waals surface area contributed by atoms with Crippen LogP contribution < -0.4 is 4.74 Å². The number of phenolic OH excluding ortho intramolecular Hbond substituents is 1. The fourth-order valence-electron chi connectivity index (χ4n) is 2.52. The van der Waals surface area contributed by atoms with Crippen LogP contribution in [0.5, 0.6) is 11.5 Å². The Hall–Kier alpha value is -2.24. The van der Waals surface area contributed by atoms with Gasteiger partial charge in [-0.1, -0.05) is 0 Å². The summed E-state index contributed by atoms with van der Waals surface area (Å²) >= 11 is 0. The first-order valence-electron chi connectivity index (χ1n) is 6.69. The van der Waals surface area contributed by atoms with Crippen molar-refractivity contribution in [3.63, 3.8) is 0 Å². The monoisotopic (exact) mass is 294 g/mol. The van der Waals surface area contributed by atoms with E-state index >= 15 is 0 Å². The minimum atomic E-state index is -0.936. The van der Waals surface area contributed by atoms with Gasteiger partial charge in [0.1, 0.15) is 0 Å². The van der Waals surface area contributed by atoms with E-state index in [0.29, 0.717) is 5.56 Å². The maximum atomic E-state index is 11.7. The van der Waals surface area contributed by atoms with Gasteiger partial charge in [-0.3, -0.25) is 4.79 Å². The molecule has 0 amide bonds. The number of phenols is 1. The first-order valence-corrected chi connectivity index (χ1v) is 6.69. The summed E-state index contributed by atoms with van der Waals surface area (Å²) in [6, 6.07) is 2.88. The van der Waals surface area contributed by atoms with Crippen molar-refractivity contribution in [2.24, 2.45) is 5.92 Å². The predicted octanol–water partition coefficient (Wildman–Crippen LogP) is 2.16. The van der Waals surface area contributed by atoms with Crippen molar-refractivity contribution in [3.05, 3.63) is 23.3 Å². The summed E-state index contributed by atoms with van der Waals surface area (Å²) in [5.41, 5.74) is 0.665. The molecule has 0 aliphatic heterocycles. The zero-order chi connectivity index (χ0) is 15.6. The molecule has 0 heterocycles. The van der Waals surface area contributed by atoms with Crippen molar-refractivity contribution in [2.45, 2.75) is 25.2 Å². The predicted molar refractivity (Wildman–Crippen MR) is 73.7 cm³/mol. The maximum absolute atomic E-state index is 11.7. The molecule has 0 saturated heterocycles. The summed E-state index contributed by atoms with van der Waals surface area (Å²) in [6.07, 6.45) is 1.75. The molecule has 0 radical (unpaired) electrons. The number of methoxy groups -OCH3 is 2. The number of esters is 1. The largest absolute Gasteiger partial charge is 0.504 e. The molecular weight excluding hydrogens is 276 g/mol. The van der Waals surface area contributed by atoms with E-state index in [1.807, 2.05) is 0 Å². The van der Waals surface area contributed by atoms with Crippen LogP contribution in [-0.2, 0) is 9.53 Å². The highest BCUT2D eigenvalue weighted by Gasteiger charge is 2.36. The molecule has 1 unspecified atom stereocenters. The number of rotatable bonds is 6. The highest BCUT2D eigenvalue weighted by molar-refractivity contribution is 5.90. The van der Waals surface area contributed by atoms with Crippen LogP contribution in [0.4, 0.5) is 0 Å². The van der Waals surface area contributed by atoms with Crippen LogP contribution in [0, 0.1) is 5.92 Å². The van der Waals surface area contributed by atoms with E-state index in [0.717, 1.165) is 12.8 Å². The first kappa shape index (κ1) is 15.2. The van der Waals surface area contributed by atoms with E-state index in [1.54, 1.807) is 0 Å². The molecule has 21 heavy (non-hydrogen) atoms. The number of carbonyl (C=O) groups excluding carboxylic acids is 1. The van der Waals surface area contributed by atoms with Crippen molar-refractivity contribution in [3.8, 4) is 11.5 Å². The van der Waals surface area contributed by atoms with Gasteiger partial charge < -0.3 is 19.7 Å². The second-order valence-corrected chi connectivity index (χ2v) is 5.15. The van der Waals surface area contributed by atoms with Crippen LogP contribution in [0.2, 0.25) is 0 Å². The molecule has 1 aliphatic carbocycles. The normalized spacial score (nSPS) is 15.3. The SMILES string of the molecule is COC(=O)c1cc(OC)c(O)c(C(CC(=O)O)C2CC2)c1. The summed E-state index contributed by atoms with van der Waals surface area (Å²) in [4.78, 5) is 22.8. The summed E-state index contributed by atoms with van der Waals surface area (Å²) in [7, 11) is 2.64. The molecule has 0 bridgehead atoms. The lowest BCUT2D eigenvalue weighted by atomic mass is 9.89. The standard InChI is InChI=1S/C15H18O6/c1-20-12-6-9(15(19)21-2)5-11(14(12)18)10(7-13(16)17)8-3-4-8/h5-6,8,10,18H,3-4,7H2,1-2H3,(H,16,17). The number of aliphatic carboxylic acids is 1. The van der Waals surface area contributed by atoms with E-state index in [-0.39, 0.29) is 35.3 Å². The number of carboxylic acid groups (broad SMARTS) is 1. The van der Waals surface area contributed by atoms with Gasteiger partial charge in [0.2, 0.25) is 0 Å². The first-order chi connectivity index (χ1) is 9.97. The summed E-state index contributed by atoms with van der Waals surface area (Å²) in [6.45, 7) is 0. The van der Waals surface area contributed by atoms with Crippen molar-refractivity contribution in [2.75, 3.05) is 14.2 Å². The van der Waals surface area contributed by atoms with Crippen LogP contribution in [0.1, 0.15) is 41.1 Å². The van der Waals surface area contributed by atoms with Crippen LogP contribution in [0.15, 0.2) is 12.1 Å².